The Labute approximate surface area is 287 Å². The molecule has 10 nitrogen and oxygen atoms in total. The number of nitrogens with zero attached hydrogens (tertiary/aromatic N) is 2. The van der Waals surface area contributed by atoms with Gasteiger partial charge in [0.15, 0.2) is 14.4 Å². The third-order valence-corrected chi connectivity index (χ3v) is 13.5. The Balaban J connectivity index is 2.05. The van der Waals surface area contributed by atoms with E-state index >= 15 is 8.78 Å². The highest BCUT2D eigenvalue weighted by Gasteiger charge is 2.62. The van der Waals surface area contributed by atoms with E-state index in [1.165, 1.54) is 51.0 Å². The number of carbonyl (C=O) groups is 2. The van der Waals surface area contributed by atoms with Crippen molar-refractivity contribution in [1.82, 2.24) is 9.55 Å². The highest BCUT2D eigenvalue weighted by Crippen LogP contribution is 2.45. The van der Waals surface area contributed by atoms with E-state index in [1.54, 1.807) is 20.8 Å². The van der Waals surface area contributed by atoms with Crippen molar-refractivity contribution >= 4 is 26.2 Å². The Kier molecular flexibility index (Phi) is 16.2. The van der Waals surface area contributed by atoms with Crippen LogP contribution in [0.1, 0.15) is 138 Å². The molecule has 1 aliphatic heterocycles. The first-order valence-corrected chi connectivity index (χ1v) is 20.6. The summed E-state index contributed by atoms with van der Waals surface area (Å²) in [5, 5.41) is 2.12. The van der Waals surface area contributed by atoms with Crippen molar-refractivity contribution in [2.75, 3.05) is 11.9 Å². The van der Waals surface area contributed by atoms with Gasteiger partial charge in [-0.05, 0) is 51.4 Å². The van der Waals surface area contributed by atoms with Gasteiger partial charge in [0.2, 0.25) is 6.23 Å². The van der Waals surface area contributed by atoms with Crippen molar-refractivity contribution < 1.29 is 37.0 Å². The van der Waals surface area contributed by atoms with Crippen LogP contribution in [0.4, 0.5) is 19.4 Å². The van der Waals surface area contributed by atoms with E-state index in [1.807, 2.05) is 33.9 Å². The van der Waals surface area contributed by atoms with Crippen LogP contribution in [0.25, 0.3) is 0 Å². The van der Waals surface area contributed by atoms with Gasteiger partial charge in [-0.1, -0.05) is 98.3 Å². The SMILES string of the molecule is CCCCCCCCCCCCCCC(=O)O[C@@H]1[C@@H](CO[Si](C)(C)C(C)(C)C)O[C@@H](n2ccc(NC(=O)OC(C)(C)C)nc2=O)C1(F)F. The summed E-state index contributed by atoms with van der Waals surface area (Å²) in [4.78, 5) is 41.6. The Bertz CT molecular complexity index is 1210. The van der Waals surface area contributed by atoms with Gasteiger partial charge in [0.1, 0.15) is 17.5 Å². The first-order chi connectivity index (χ1) is 22.3. The quantitative estimate of drug-likeness (QED) is 0.0862. The zero-order chi connectivity index (χ0) is 36.2. The molecule has 2 heterocycles. The predicted octanol–water partition coefficient (Wildman–Crippen LogP) is 9.15. The zero-order valence-corrected chi connectivity index (χ0v) is 31.8. The fourth-order valence-corrected chi connectivity index (χ4v) is 6.15. The highest BCUT2D eigenvalue weighted by atomic mass is 28.4. The second-order valence-electron chi connectivity index (χ2n) is 15.5. The maximum absolute atomic E-state index is 16.1. The van der Waals surface area contributed by atoms with Crippen LogP contribution < -0.4 is 11.0 Å². The number of hydrogen-bond donors (Lipinski definition) is 1. The Morgan fingerprint density at radius 3 is 2.00 bits per heavy atom. The summed E-state index contributed by atoms with van der Waals surface area (Å²) in [6, 6.07) is 1.19. The standard InChI is InChI=1S/C35H61F2N3O7Si/c1-10-11-12-13-14-15-16-17-18-19-20-21-22-28(41)46-29-26(25-44-48(8,9)34(5,6)7)45-30(35(29,36)37)40-24-23-27(38-31(40)42)39-32(43)47-33(2,3)4/h23-24,26,29-30H,10-22,25H2,1-9H3,(H,38,39,42,43)/t26-,29-,30-/m1/s1. The summed E-state index contributed by atoms with van der Waals surface area (Å²) in [5.74, 6) is -4.69. The number of esters is 1. The summed E-state index contributed by atoms with van der Waals surface area (Å²) in [5.41, 5.74) is -1.87. The lowest BCUT2D eigenvalue weighted by Crippen LogP contribution is -2.47. The molecule has 0 aliphatic carbocycles. The first-order valence-electron chi connectivity index (χ1n) is 17.7. The molecule has 0 bridgehead atoms. The van der Waals surface area contributed by atoms with Crippen LogP contribution in [-0.4, -0.2) is 60.3 Å². The molecule has 0 spiro atoms. The Morgan fingerprint density at radius 1 is 0.958 bits per heavy atom. The number of rotatable bonds is 19. The highest BCUT2D eigenvalue weighted by molar-refractivity contribution is 6.74. The van der Waals surface area contributed by atoms with Crippen LogP contribution in [0.2, 0.25) is 18.1 Å². The number of hydrogen-bond acceptors (Lipinski definition) is 8. The van der Waals surface area contributed by atoms with Gasteiger partial charge in [0.05, 0.1) is 6.61 Å². The molecule has 276 valence electrons. The monoisotopic (exact) mass is 701 g/mol. The minimum atomic E-state index is -3.78. The summed E-state index contributed by atoms with van der Waals surface area (Å²) >= 11 is 0. The van der Waals surface area contributed by atoms with Crippen molar-refractivity contribution in [3.05, 3.63) is 22.7 Å². The minimum absolute atomic E-state index is 0.0109. The molecule has 2 rings (SSSR count). The minimum Gasteiger partial charge on any atom is -0.453 e. The first kappa shape index (κ1) is 41.8. The summed E-state index contributed by atoms with van der Waals surface area (Å²) in [6.45, 7) is 17.0. The number of alkyl halides is 2. The molecule has 13 heteroatoms. The number of nitrogens with one attached hydrogen (secondary N) is 1. The molecule has 1 aromatic rings. The maximum Gasteiger partial charge on any atom is 0.413 e. The molecule has 1 amide bonds. The molecule has 1 saturated heterocycles. The average molecular weight is 702 g/mol. The molecule has 48 heavy (non-hydrogen) atoms. The number of carbonyl (C=O) groups excluding carboxylic acids is 2. The summed E-state index contributed by atoms with van der Waals surface area (Å²) in [6.07, 6.45) is 8.33. The lowest BCUT2D eigenvalue weighted by Gasteiger charge is -2.37. The fourth-order valence-electron chi connectivity index (χ4n) is 5.13. The second kappa shape index (κ2) is 18.6. The van der Waals surface area contributed by atoms with Crippen molar-refractivity contribution in [1.29, 1.82) is 0 Å². The molecule has 1 N–H and O–H groups in total. The lowest BCUT2D eigenvalue weighted by molar-refractivity contribution is -0.176. The van der Waals surface area contributed by atoms with Gasteiger partial charge in [-0.25, -0.2) is 9.59 Å². The van der Waals surface area contributed by atoms with Gasteiger partial charge < -0.3 is 18.6 Å². The third kappa shape index (κ3) is 13.5. The van der Waals surface area contributed by atoms with Gasteiger partial charge in [0.25, 0.3) is 0 Å². The van der Waals surface area contributed by atoms with Gasteiger partial charge in [-0.15, -0.1) is 0 Å². The van der Waals surface area contributed by atoms with Gasteiger partial charge in [0, 0.05) is 12.6 Å². The molecule has 1 aromatic heterocycles. The van der Waals surface area contributed by atoms with Crippen LogP contribution in [0.3, 0.4) is 0 Å². The van der Waals surface area contributed by atoms with Crippen molar-refractivity contribution in [2.24, 2.45) is 0 Å². The van der Waals surface area contributed by atoms with E-state index < -0.39 is 56.0 Å². The predicted molar refractivity (Wildman–Crippen MR) is 186 cm³/mol. The summed E-state index contributed by atoms with van der Waals surface area (Å²) < 4.78 is 55.3. The van der Waals surface area contributed by atoms with Gasteiger partial charge in [-0.2, -0.15) is 13.8 Å². The van der Waals surface area contributed by atoms with Gasteiger partial charge in [-0.3, -0.25) is 14.7 Å². The third-order valence-electron chi connectivity index (χ3n) is 8.97. The van der Waals surface area contributed by atoms with Crippen LogP contribution in [-0.2, 0) is 23.4 Å². The van der Waals surface area contributed by atoms with E-state index in [0.29, 0.717) is 11.0 Å². The maximum atomic E-state index is 16.1. The molecule has 0 aromatic carbocycles. The van der Waals surface area contributed by atoms with E-state index in [9.17, 15) is 14.4 Å². The smallest absolute Gasteiger partial charge is 0.413 e. The Morgan fingerprint density at radius 2 is 1.50 bits per heavy atom. The van der Waals surface area contributed by atoms with E-state index in [4.69, 9.17) is 18.6 Å². The summed E-state index contributed by atoms with van der Waals surface area (Å²) in [7, 11) is -2.39. The zero-order valence-electron chi connectivity index (χ0n) is 30.8. The van der Waals surface area contributed by atoms with Crippen LogP contribution in [0.5, 0.6) is 0 Å². The van der Waals surface area contributed by atoms with E-state index in [2.05, 4.69) is 17.2 Å². The number of anilines is 1. The lowest BCUT2D eigenvalue weighted by atomic mass is 10.0. The molecule has 0 saturated carbocycles. The van der Waals surface area contributed by atoms with Crippen LogP contribution >= 0.6 is 0 Å². The molecule has 0 unspecified atom stereocenters. The fraction of sp³-hybridized carbons (Fsp3) is 0.829. The largest absolute Gasteiger partial charge is 0.453 e. The van der Waals surface area contributed by atoms with E-state index in [-0.39, 0.29) is 23.9 Å². The molecular weight excluding hydrogens is 640 g/mol. The number of halogens is 2. The van der Waals surface area contributed by atoms with E-state index in [0.717, 1.165) is 31.9 Å². The van der Waals surface area contributed by atoms with Crippen LogP contribution in [0, 0.1) is 0 Å². The molecule has 3 atom stereocenters. The number of ether oxygens (including phenoxy) is 3. The number of unbranched alkanes of at least 4 members (excludes halogenated alkanes) is 11. The van der Waals surface area contributed by atoms with Crippen LogP contribution in [0.15, 0.2) is 17.1 Å². The molecule has 1 aliphatic rings. The Hall–Kier alpha value is -2.38. The number of amides is 1. The van der Waals surface area contributed by atoms with Crippen molar-refractivity contribution in [3.8, 4) is 0 Å². The van der Waals surface area contributed by atoms with Gasteiger partial charge >= 0.3 is 23.7 Å². The van der Waals surface area contributed by atoms with Crippen molar-refractivity contribution in [3.63, 3.8) is 0 Å². The van der Waals surface area contributed by atoms with Crippen molar-refractivity contribution in [2.45, 2.75) is 180 Å². The molecular formula is C35H61F2N3O7Si. The molecule has 1 fully saturated rings. The topological polar surface area (TPSA) is 118 Å². The molecule has 0 radical (unpaired) electrons. The number of aromatic nitrogens is 2. The average Bonchev–Trinajstić information content (AvgIpc) is 3.19. The second-order valence-corrected chi connectivity index (χ2v) is 20.3. The normalized spacial score (nSPS) is 19.7.